The van der Waals surface area contributed by atoms with Crippen molar-refractivity contribution in [3.05, 3.63) is 17.0 Å². The van der Waals surface area contributed by atoms with Crippen molar-refractivity contribution in [1.82, 2.24) is 20.4 Å². The van der Waals surface area contributed by atoms with Crippen molar-refractivity contribution in [2.75, 3.05) is 7.05 Å². The van der Waals surface area contributed by atoms with E-state index in [1.54, 1.807) is 7.05 Å². The van der Waals surface area contributed by atoms with Crippen LogP contribution in [0.4, 0.5) is 0 Å². The van der Waals surface area contributed by atoms with Gasteiger partial charge in [-0.1, -0.05) is 6.92 Å². The van der Waals surface area contributed by atoms with Gasteiger partial charge in [0.1, 0.15) is 0 Å². The molecule has 0 fully saturated rings. The monoisotopic (exact) mass is 265 g/mol. The average Bonchev–Trinajstić information content (AvgIpc) is 2.69. The van der Waals surface area contributed by atoms with Crippen LogP contribution in [-0.4, -0.2) is 28.8 Å². The summed E-state index contributed by atoms with van der Waals surface area (Å²) >= 11 is 0. The molecule has 1 aromatic heterocycles. The molecule has 5 nitrogen and oxygen atoms in total. The number of guanidine groups is 1. The number of nitrogens with one attached hydrogen (secondary N) is 2. The minimum Gasteiger partial charge on any atom is -0.354 e. The Kier molecular flexibility index (Phi) is 5.86. The molecular weight excluding hydrogens is 238 g/mol. The van der Waals surface area contributed by atoms with Gasteiger partial charge in [-0.3, -0.25) is 9.67 Å². The van der Waals surface area contributed by atoms with Crippen molar-refractivity contribution in [3.8, 4) is 0 Å². The van der Waals surface area contributed by atoms with E-state index < -0.39 is 0 Å². The topological polar surface area (TPSA) is 54.2 Å². The Morgan fingerprint density at radius 1 is 1.37 bits per heavy atom. The fraction of sp³-hybridized carbons (Fsp3) is 0.714. The molecule has 1 rings (SSSR count). The van der Waals surface area contributed by atoms with Gasteiger partial charge in [-0.15, -0.1) is 0 Å². The molecule has 0 saturated carbocycles. The van der Waals surface area contributed by atoms with E-state index in [0.717, 1.165) is 31.2 Å². The Morgan fingerprint density at radius 3 is 2.53 bits per heavy atom. The molecule has 0 bridgehead atoms. The first-order chi connectivity index (χ1) is 9.03. The first-order valence-corrected chi connectivity index (χ1v) is 7.03. The summed E-state index contributed by atoms with van der Waals surface area (Å²) in [6.45, 7) is 12.3. The van der Waals surface area contributed by atoms with Gasteiger partial charge in [0.05, 0.1) is 5.69 Å². The van der Waals surface area contributed by atoms with Crippen LogP contribution in [0.15, 0.2) is 4.99 Å². The van der Waals surface area contributed by atoms with Crippen molar-refractivity contribution < 1.29 is 0 Å². The molecule has 1 heterocycles. The minimum atomic E-state index is 0.423. The highest BCUT2D eigenvalue weighted by molar-refractivity contribution is 5.79. The van der Waals surface area contributed by atoms with Crippen LogP contribution in [0.5, 0.6) is 0 Å². The van der Waals surface area contributed by atoms with Gasteiger partial charge in [0, 0.05) is 37.4 Å². The van der Waals surface area contributed by atoms with E-state index >= 15 is 0 Å². The Morgan fingerprint density at radius 2 is 2.05 bits per heavy atom. The maximum atomic E-state index is 4.53. The predicted octanol–water partition coefficient (Wildman–Crippen LogP) is 1.98. The smallest absolute Gasteiger partial charge is 0.191 e. The maximum Gasteiger partial charge on any atom is 0.191 e. The van der Waals surface area contributed by atoms with E-state index in [9.17, 15) is 0 Å². The highest BCUT2D eigenvalue weighted by Crippen LogP contribution is 2.12. The second-order valence-corrected chi connectivity index (χ2v) is 4.84. The third-order valence-corrected chi connectivity index (χ3v) is 3.48. The molecule has 0 saturated heterocycles. The van der Waals surface area contributed by atoms with Crippen LogP contribution in [0, 0.1) is 13.8 Å². The number of rotatable bonds is 5. The summed E-state index contributed by atoms with van der Waals surface area (Å²) in [4.78, 5) is 4.24. The predicted molar refractivity (Wildman–Crippen MR) is 80.5 cm³/mol. The fourth-order valence-electron chi connectivity index (χ4n) is 2.00. The summed E-state index contributed by atoms with van der Waals surface area (Å²) in [5, 5.41) is 11.2. The summed E-state index contributed by atoms with van der Waals surface area (Å²) < 4.78 is 2.04. The van der Waals surface area contributed by atoms with Crippen molar-refractivity contribution in [2.45, 2.75) is 60.2 Å². The molecule has 0 aliphatic rings. The van der Waals surface area contributed by atoms with Gasteiger partial charge in [-0.05, 0) is 34.1 Å². The van der Waals surface area contributed by atoms with Gasteiger partial charge < -0.3 is 10.6 Å². The zero-order chi connectivity index (χ0) is 14.4. The molecular formula is C14H27N5. The van der Waals surface area contributed by atoms with Gasteiger partial charge in [-0.25, -0.2) is 0 Å². The molecule has 5 heteroatoms. The molecule has 1 atom stereocenters. The van der Waals surface area contributed by atoms with Crippen LogP contribution >= 0.6 is 0 Å². The molecule has 2 N–H and O–H groups in total. The van der Waals surface area contributed by atoms with E-state index in [1.807, 2.05) is 4.68 Å². The number of aryl methyl sites for hydroxylation is 2. The first kappa shape index (κ1) is 15.5. The van der Waals surface area contributed by atoms with Crippen molar-refractivity contribution >= 4 is 5.96 Å². The van der Waals surface area contributed by atoms with E-state index in [0.29, 0.717) is 6.04 Å². The Labute approximate surface area is 116 Å². The van der Waals surface area contributed by atoms with Crippen molar-refractivity contribution in [2.24, 2.45) is 4.99 Å². The van der Waals surface area contributed by atoms with Crippen LogP contribution in [0.3, 0.4) is 0 Å². The number of nitrogens with zero attached hydrogens (tertiary/aromatic N) is 3. The average molecular weight is 265 g/mol. The van der Waals surface area contributed by atoms with Crippen LogP contribution < -0.4 is 10.6 Å². The number of aromatic nitrogens is 2. The summed E-state index contributed by atoms with van der Waals surface area (Å²) in [6, 6.07) is 0.423. The van der Waals surface area contributed by atoms with Gasteiger partial charge in [-0.2, -0.15) is 5.10 Å². The highest BCUT2D eigenvalue weighted by atomic mass is 15.3. The second-order valence-electron chi connectivity index (χ2n) is 4.84. The Hall–Kier alpha value is -1.52. The van der Waals surface area contributed by atoms with E-state index in [2.05, 4.69) is 55.3 Å². The van der Waals surface area contributed by atoms with E-state index in [-0.39, 0.29) is 0 Å². The van der Waals surface area contributed by atoms with Crippen LogP contribution in [-0.2, 0) is 13.1 Å². The largest absolute Gasteiger partial charge is 0.354 e. The van der Waals surface area contributed by atoms with Crippen molar-refractivity contribution in [3.63, 3.8) is 0 Å². The molecule has 0 amide bonds. The lowest BCUT2D eigenvalue weighted by Crippen LogP contribution is -2.41. The number of hydrogen-bond acceptors (Lipinski definition) is 2. The first-order valence-electron chi connectivity index (χ1n) is 7.03. The van der Waals surface area contributed by atoms with E-state index in [1.165, 1.54) is 11.3 Å². The Balaban J connectivity index is 2.68. The van der Waals surface area contributed by atoms with Gasteiger partial charge in [0.15, 0.2) is 5.96 Å². The maximum absolute atomic E-state index is 4.53. The van der Waals surface area contributed by atoms with Gasteiger partial charge in [0.25, 0.3) is 0 Å². The molecule has 108 valence electrons. The third-order valence-electron chi connectivity index (χ3n) is 3.48. The lowest BCUT2D eigenvalue weighted by molar-refractivity contribution is 0.622. The van der Waals surface area contributed by atoms with Gasteiger partial charge >= 0.3 is 0 Å². The van der Waals surface area contributed by atoms with Crippen LogP contribution in [0.2, 0.25) is 0 Å². The van der Waals surface area contributed by atoms with Crippen LogP contribution in [0.25, 0.3) is 0 Å². The molecule has 0 aromatic carbocycles. The van der Waals surface area contributed by atoms with Crippen molar-refractivity contribution in [1.29, 1.82) is 0 Å². The van der Waals surface area contributed by atoms with Gasteiger partial charge in [0.2, 0.25) is 0 Å². The molecule has 0 radical (unpaired) electrons. The SMILES string of the molecule is CCC(C)NC(=NC)NCc1c(C)nn(CC)c1C. The minimum absolute atomic E-state index is 0.423. The lowest BCUT2D eigenvalue weighted by atomic mass is 10.2. The zero-order valence-corrected chi connectivity index (χ0v) is 13.0. The molecule has 1 unspecified atom stereocenters. The number of hydrogen-bond donors (Lipinski definition) is 2. The van der Waals surface area contributed by atoms with E-state index in [4.69, 9.17) is 0 Å². The zero-order valence-electron chi connectivity index (χ0n) is 13.0. The standard InChI is InChI=1S/C14H27N5/c1-7-10(3)17-14(15-6)16-9-13-11(4)18-19(8-2)12(13)5/h10H,7-9H2,1-6H3,(H2,15,16,17). The molecule has 19 heavy (non-hydrogen) atoms. The quantitative estimate of drug-likeness (QED) is 0.632. The normalized spacial score (nSPS) is 13.5. The molecule has 0 spiro atoms. The summed E-state index contributed by atoms with van der Waals surface area (Å²) in [6.07, 6.45) is 1.08. The summed E-state index contributed by atoms with van der Waals surface area (Å²) in [5.41, 5.74) is 3.58. The molecule has 0 aliphatic carbocycles. The second kappa shape index (κ2) is 7.16. The Bertz CT molecular complexity index is 433. The highest BCUT2D eigenvalue weighted by Gasteiger charge is 2.11. The van der Waals surface area contributed by atoms with Crippen LogP contribution in [0.1, 0.15) is 44.1 Å². The number of aliphatic imine (C=N–C) groups is 1. The molecule has 0 aliphatic heterocycles. The third kappa shape index (κ3) is 3.98. The summed E-state index contributed by atoms with van der Waals surface area (Å²) in [7, 11) is 1.80. The fourth-order valence-corrected chi connectivity index (χ4v) is 2.00. The lowest BCUT2D eigenvalue weighted by Gasteiger charge is -2.16. The molecule has 1 aromatic rings. The summed E-state index contributed by atoms with van der Waals surface area (Å²) in [5.74, 6) is 0.845.